The molecule has 0 unspecified atom stereocenters. The fourth-order valence-corrected chi connectivity index (χ4v) is 0.181. The Bertz CT molecular complexity index is 154. The van der Waals surface area contributed by atoms with Gasteiger partial charge in [0.1, 0.15) is 0 Å². The smallest absolute Gasteiger partial charge is 0.411 e. The molecule has 0 bridgehead atoms. The second-order valence-corrected chi connectivity index (χ2v) is 1.15. The van der Waals surface area contributed by atoms with Crippen molar-refractivity contribution in [3.8, 4) is 0 Å². The lowest BCUT2D eigenvalue weighted by atomic mass is 10.8. The second-order valence-electron chi connectivity index (χ2n) is 1.15. The summed E-state index contributed by atoms with van der Waals surface area (Å²) < 4.78 is 0. The number of amides is 1. The fraction of sp³-hybridized carbons (Fsp3) is 0.250. The zero-order chi connectivity index (χ0) is 7.82. The summed E-state index contributed by atoms with van der Waals surface area (Å²) in [5.41, 5.74) is 0. The second kappa shape index (κ2) is 5.54. The van der Waals surface area contributed by atoms with Crippen LogP contribution in [0.5, 0.6) is 0 Å². The van der Waals surface area contributed by atoms with Gasteiger partial charge in [-0.15, -0.1) is 0 Å². The summed E-state index contributed by atoms with van der Waals surface area (Å²) in [5.74, 6) is 0. The third-order valence-electron chi connectivity index (χ3n) is 0.534. The molecule has 0 fully saturated rings. The van der Waals surface area contributed by atoms with Crippen LogP contribution in [0.4, 0.5) is 4.79 Å². The highest BCUT2D eigenvalue weighted by atomic mass is 16.7. The van der Waals surface area contributed by atoms with Crippen molar-refractivity contribution < 1.29 is 14.8 Å². The monoisotopic (exact) mass is 145 g/mol. The summed E-state index contributed by atoms with van der Waals surface area (Å²) in [5, 5.41) is 15.6. The molecule has 0 atom stereocenters. The molecule has 0 rings (SSSR count). The minimum atomic E-state index is -0.678. The summed E-state index contributed by atoms with van der Waals surface area (Å²) in [6.45, 7) is 0. The predicted molar refractivity (Wildman–Crippen MR) is 34.3 cm³/mol. The number of rotatable bonds is 2. The molecule has 0 aliphatic heterocycles. The van der Waals surface area contributed by atoms with Crippen LogP contribution < -0.4 is 5.32 Å². The standard InChI is InChI=1S/C4H7N3O3/c1-5-4(8)10-7-3-2-6-9/h2-3,9H,1H3,(H,5,8). The Kier molecular flexibility index (Phi) is 4.66. The van der Waals surface area contributed by atoms with Gasteiger partial charge in [0.2, 0.25) is 0 Å². The van der Waals surface area contributed by atoms with Crippen molar-refractivity contribution in [3.63, 3.8) is 0 Å². The molecule has 0 radical (unpaired) electrons. The first-order chi connectivity index (χ1) is 4.81. The molecule has 56 valence electrons. The lowest BCUT2D eigenvalue weighted by Gasteiger charge is -1.90. The van der Waals surface area contributed by atoms with Gasteiger partial charge in [0.15, 0.2) is 0 Å². The van der Waals surface area contributed by atoms with Gasteiger partial charge in [0.25, 0.3) is 0 Å². The Morgan fingerprint density at radius 2 is 2.40 bits per heavy atom. The molecular weight excluding hydrogens is 138 g/mol. The zero-order valence-electron chi connectivity index (χ0n) is 5.31. The molecule has 0 aliphatic carbocycles. The Labute approximate surface area is 57.2 Å². The number of carbonyl (C=O) groups excluding carboxylic acids is 1. The minimum absolute atomic E-state index is 0.678. The molecule has 0 saturated heterocycles. The molecule has 0 aromatic heterocycles. The summed E-state index contributed by atoms with van der Waals surface area (Å²) in [6, 6.07) is 0. The topological polar surface area (TPSA) is 83.3 Å². The van der Waals surface area contributed by atoms with E-state index in [1.54, 1.807) is 0 Å². The van der Waals surface area contributed by atoms with Crippen LogP contribution in [-0.2, 0) is 4.84 Å². The molecule has 0 heterocycles. The van der Waals surface area contributed by atoms with E-state index >= 15 is 0 Å². The van der Waals surface area contributed by atoms with E-state index in [9.17, 15) is 4.79 Å². The van der Waals surface area contributed by atoms with Crippen molar-refractivity contribution in [2.75, 3.05) is 7.05 Å². The fourth-order valence-electron chi connectivity index (χ4n) is 0.181. The van der Waals surface area contributed by atoms with Crippen LogP contribution in [0.25, 0.3) is 0 Å². The van der Waals surface area contributed by atoms with E-state index < -0.39 is 6.09 Å². The van der Waals surface area contributed by atoms with Crippen LogP contribution in [0.1, 0.15) is 0 Å². The maximum absolute atomic E-state index is 10.2. The average molecular weight is 145 g/mol. The molecule has 0 aromatic rings. The molecule has 0 spiro atoms. The Hall–Kier alpha value is -1.59. The quantitative estimate of drug-likeness (QED) is 0.244. The maximum atomic E-state index is 10.2. The number of oxime groups is 2. The van der Waals surface area contributed by atoms with E-state index in [4.69, 9.17) is 5.21 Å². The van der Waals surface area contributed by atoms with Gasteiger partial charge in [0, 0.05) is 7.05 Å². The van der Waals surface area contributed by atoms with E-state index in [1.165, 1.54) is 7.05 Å². The van der Waals surface area contributed by atoms with Gasteiger partial charge in [-0.25, -0.2) is 4.79 Å². The van der Waals surface area contributed by atoms with Gasteiger partial charge in [0.05, 0.1) is 12.4 Å². The first-order valence-electron chi connectivity index (χ1n) is 2.39. The van der Waals surface area contributed by atoms with Gasteiger partial charge in [-0.1, -0.05) is 10.3 Å². The first kappa shape index (κ1) is 8.41. The molecule has 0 aromatic carbocycles. The van der Waals surface area contributed by atoms with Gasteiger partial charge in [-0.3, -0.25) is 4.84 Å². The maximum Gasteiger partial charge on any atom is 0.433 e. The van der Waals surface area contributed by atoms with Gasteiger partial charge >= 0.3 is 6.09 Å². The number of nitrogens with one attached hydrogen (secondary N) is 1. The summed E-state index contributed by atoms with van der Waals surface area (Å²) >= 11 is 0. The molecule has 0 saturated carbocycles. The number of hydrogen-bond donors (Lipinski definition) is 2. The third kappa shape index (κ3) is 4.57. The highest BCUT2D eigenvalue weighted by Crippen LogP contribution is 1.73. The molecule has 1 amide bonds. The van der Waals surface area contributed by atoms with Crippen molar-refractivity contribution in [3.05, 3.63) is 0 Å². The van der Waals surface area contributed by atoms with Crippen molar-refractivity contribution in [1.82, 2.24) is 5.32 Å². The van der Waals surface area contributed by atoms with E-state index in [2.05, 4.69) is 20.5 Å². The summed E-state index contributed by atoms with van der Waals surface area (Å²) in [6.07, 6.45) is 1.31. The number of carbonyl (C=O) groups is 1. The molecular formula is C4H7N3O3. The molecule has 2 N–H and O–H groups in total. The van der Waals surface area contributed by atoms with Crippen LogP contribution in [-0.4, -0.2) is 30.8 Å². The summed E-state index contributed by atoms with van der Waals surface area (Å²) in [4.78, 5) is 14.3. The Balaban J connectivity index is 3.43. The molecule has 10 heavy (non-hydrogen) atoms. The molecule has 6 nitrogen and oxygen atoms in total. The number of hydrogen-bond acceptors (Lipinski definition) is 5. The van der Waals surface area contributed by atoms with Crippen LogP contribution >= 0.6 is 0 Å². The highest BCUT2D eigenvalue weighted by Gasteiger charge is 1.91. The van der Waals surface area contributed by atoms with Crippen molar-refractivity contribution in [1.29, 1.82) is 0 Å². The number of nitrogens with zero attached hydrogens (tertiary/aromatic N) is 2. The average Bonchev–Trinajstić information content (AvgIpc) is 1.98. The van der Waals surface area contributed by atoms with Crippen molar-refractivity contribution in [2.24, 2.45) is 10.3 Å². The lowest BCUT2D eigenvalue weighted by molar-refractivity contribution is 0.154. The van der Waals surface area contributed by atoms with Gasteiger partial charge in [-0.2, -0.15) is 0 Å². The SMILES string of the molecule is CNC(=O)ON=CC=NO. The first-order valence-corrected chi connectivity index (χ1v) is 2.39. The van der Waals surface area contributed by atoms with Gasteiger partial charge < -0.3 is 10.5 Å². The van der Waals surface area contributed by atoms with Crippen LogP contribution in [0, 0.1) is 0 Å². The lowest BCUT2D eigenvalue weighted by Crippen LogP contribution is -2.16. The Morgan fingerprint density at radius 3 is 2.90 bits per heavy atom. The largest absolute Gasteiger partial charge is 0.433 e. The predicted octanol–water partition coefficient (Wildman–Crippen LogP) is -0.212. The van der Waals surface area contributed by atoms with E-state index in [-0.39, 0.29) is 0 Å². The van der Waals surface area contributed by atoms with Crippen LogP contribution in [0.15, 0.2) is 10.3 Å². The minimum Gasteiger partial charge on any atom is -0.411 e. The molecule has 6 heteroatoms. The van der Waals surface area contributed by atoms with E-state index in [0.29, 0.717) is 0 Å². The normalized spacial score (nSPS) is 10.5. The molecule has 0 aliphatic rings. The van der Waals surface area contributed by atoms with Crippen LogP contribution in [0.2, 0.25) is 0 Å². The highest BCUT2D eigenvalue weighted by molar-refractivity contribution is 6.15. The third-order valence-corrected chi connectivity index (χ3v) is 0.534. The van der Waals surface area contributed by atoms with Crippen molar-refractivity contribution >= 4 is 18.5 Å². The summed E-state index contributed by atoms with van der Waals surface area (Å²) in [7, 11) is 1.40. The van der Waals surface area contributed by atoms with E-state index in [0.717, 1.165) is 12.4 Å². The Morgan fingerprint density at radius 1 is 1.70 bits per heavy atom. The van der Waals surface area contributed by atoms with Crippen molar-refractivity contribution in [2.45, 2.75) is 0 Å². The van der Waals surface area contributed by atoms with Crippen LogP contribution in [0.3, 0.4) is 0 Å². The zero-order valence-corrected chi connectivity index (χ0v) is 5.31. The van der Waals surface area contributed by atoms with Gasteiger partial charge in [-0.05, 0) is 0 Å². The van der Waals surface area contributed by atoms with E-state index in [1.807, 2.05) is 0 Å².